The van der Waals surface area contributed by atoms with Crippen LogP contribution in [0.3, 0.4) is 0 Å². The summed E-state index contributed by atoms with van der Waals surface area (Å²) in [7, 11) is 0. The van der Waals surface area contributed by atoms with Gasteiger partial charge in [0.1, 0.15) is 23.3 Å². The third kappa shape index (κ3) is 9.15. The molecule has 39 heavy (non-hydrogen) atoms. The number of halogens is 2. The lowest BCUT2D eigenvalue weighted by atomic mass is 10.0. The third-order valence-corrected chi connectivity index (χ3v) is 6.01. The molecule has 0 fully saturated rings. The van der Waals surface area contributed by atoms with Gasteiger partial charge in [-0.2, -0.15) is 5.10 Å². The van der Waals surface area contributed by atoms with Crippen LogP contribution in [0.5, 0.6) is 5.75 Å². The zero-order valence-corrected chi connectivity index (χ0v) is 23.0. The Morgan fingerprint density at radius 3 is 2.59 bits per heavy atom. The average molecular weight is 574 g/mol. The highest BCUT2D eigenvalue weighted by atomic mass is 35.5. The van der Waals surface area contributed by atoms with Crippen molar-refractivity contribution < 1.29 is 28.6 Å². The first-order valence-electron chi connectivity index (χ1n) is 12.3. The van der Waals surface area contributed by atoms with Crippen LogP contribution < -0.4 is 15.5 Å². The van der Waals surface area contributed by atoms with Crippen LogP contribution in [0.25, 0.3) is 11.3 Å². The second kappa shape index (κ2) is 14.4. The van der Waals surface area contributed by atoms with E-state index in [9.17, 15) is 19.5 Å². The third-order valence-electron chi connectivity index (χ3n) is 5.47. The number of furan rings is 1. The van der Waals surface area contributed by atoms with E-state index in [-0.39, 0.29) is 30.4 Å². The number of carbonyl (C=O) groups excluding carboxylic acids is 2. The van der Waals surface area contributed by atoms with Crippen molar-refractivity contribution in [2.24, 2.45) is 11.0 Å². The topological polar surface area (TPSA) is 130 Å². The maximum atomic E-state index is 12.7. The summed E-state index contributed by atoms with van der Waals surface area (Å²) < 4.78 is 11.3. The summed E-state index contributed by atoms with van der Waals surface area (Å²) >= 11 is 12.0. The monoisotopic (exact) mass is 573 g/mol. The Hall–Kier alpha value is -3.82. The SMILES string of the molecule is CC(C)C[C@@H](NC(=O)CCCOc1ccc(Cl)cc1Cl)C(=O)N/N=C\c1ccc(-c2ccccc2C(=O)O)o1. The second-order valence-corrected chi connectivity index (χ2v) is 9.91. The minimum Gasteiger partial charge on any atom is -0.492 e. The number of amides is 2. The summed E-state index contributed by atoms with van der Waals surface area (Å²) in [6, 6.07) is 13.8. The maximum absolute atomic E-state index is 12.7. The molecular weight excluding hydrogens is 545 g/mol. The smallest absolute Gasteiger partial charge is 0.336 e. The van der Waals surface area contributed by atoms with E-state index in [2.05, 4.69) is 15.8 Å². The molecule has 0 radical (unpaired) electrons. The number of carboxylic acids is 1. The fourth-order valence-electron chi connectivity index (χ4n) is 3.67. The van der Waals surface area contributed by atoms with Crippen LogP contribution in [0, 0.1) is 5.92 Å². The number of aromatic carboxylic acids is 1. The molecule has 0 unspecified atom stereocenters. The molecule has 1 aromatic heterocycles. The Balaban J connectivity index is 1.51. The summed E-state index contributed by atoms with van der Waals surface area (Å²) in [6.07, 6.45) is 2.30. The average Bonchev–Trinajstić information content (AvgIpc) is 3.35. The maximum Gasteiger partial charge on any atom is 0.336 e. The first-order chi connectivity index (χ1) is 18.6. The molecule has 0 aliphatic carbocycles. The van der Waals surface area contributed by atoms with Crippen LogP contribution in [-0.2, 0) is 9.59 Å². The molecule has 11 heteroatoms. The van der Waals surface area contributed by atoms with Gasteiger partial charge in [-0.25, -0.2) is 10.2 Å². The van der Waals surface area contributed by atoms with Crippen molar-refractivity contribution in [2.45, 2.75) is 39.2 Å². The largest absolute Gasteiger partial charge is 0.492 e. The number of hydrogen-bond donors (Lipinski definition) is 3. The van der Waals surface area contributed by atoms with E-state index in [1.54, 1.807) is 48.5 Å². The number of rotatable bonds is 13. The predicted molar refractivity (Wildman–Crippen MR) is 149 cm³/mol. The van der Waals surface area contributed by atoms with E-state index >= 15 is 0 Å². The quantitative estimate of drug-likeness (QED) is 0.135. The Labute approximate surface area is 236 Å². The molecule has 2 amide bonds. The van der Waals surface area contributed by atoms with Gasteiger partial charge in [0, 0.05) is 17.0 Å². The van der Waals surface area contributed by atoms with Gasteiger partial charge in [0.2, 0.25) is 5.91 Å². The lowest BCUT2D eigenvalue weighted by molar-refractivity contribution is -0.129. The number of carbonyl (C=O) groups is 3. The van der Waals surface area contributed by atoms with E-state index in [1.807, 2.05) is 13.8 Å². The minimum atomic E-state index is -1.07. The van der Waals surface area contributed by atoms with E-state index < -0.39 is 17.9 Å². The lowest BCUT2D eigenvalue weighted by Crippen LogP contribution is -2.46. The van der Waals surface area contributed by atoms with Crippen LogP contribution >= 0.6 is 23.2 Å². The molecular formula is C28H29Cl2N3O6. The highest BCUT2D eigenvalue weighted by Crippen LogP contribution is 2.28. The van der Waals surface area contributed by atoms with E-state index in [0.29, 0.717) is 45.7 Å². The molecule has 0 saturated carbocycles. The fourth-order valence-corrected chi connectivity index (χ4v) is 4.13. The number of carboxylic acid groups (broad SMARTS) is 1. The number of nitrogens with one attached hydrogen (secondary N) is 2. The van der Waals surface area contributed by atoms with E-state index in [4.69, 9.17) is 32.4 Å². The molecule has 0 bridgehead atoms. The van der Waals surface area contributed by atoms with Gasteiger partial charge in [0.05, 0.1) is 23.4 Å². The van der Waals surface area contributed by atoms with Gasteiger partial charge in [-0.15, -0.1) is 0 Å². The zero-order valence-electron chi connectivity index (χ0n) is 21.4. The minimum absolute atomic E-state index is 0.108. The molecule has 0 spiro atoms. The van der Waals surface area contributed by atoms with Gasteiger partial charge in [0.25, 0.3) is 5.91 Å². The molecule has 0 saturated heterocycles. The molecule has 3 N–H and O–H groups in total. The summed E-state index contributed by atoms with van der Waals surface area (Å²) in [5.41, 5.74) is 2.97. The van der Waals surface area contributed by atoms with Crippen LogP contribution in [0.15, 0.2) is 64.1 Å². The van der Waals surface area contributed by atoms with Crippen molar-refractivity contribution in [2.75, 3.05) is 6.61 Å². The molecule has 1 heterocycles. The molecule has 0 aliphatic heterocycles. The van der Waals surface area contributed by atoms with Gasteiger partial charge in [0.15, 0.2) is 0 Å². The second-order valence-electron chi connectivity index (χ2n) is 9.06. The van der Waals surface area contributed by atoms with Gasteiger partial charge in [-0.05, 0) is 55.2 Å². The van der Waals surface area contributed by atoms with Gasteiger partial charge in [-0.1, -0.05) is 55.2 Å². The summed E-state index contributed by atoms with van der Waals surface area (Å²) in [4.78, 5) is 36.7. The number of nitrogens with zero attached hydrogens (tertiary/aromatic N) is 1. The molecule has 1 atom stereocenters. The van der Waals surface area contributed by atoms with Crippen molar-refractivity contribution >= 4 is 47.2 Å². The number of ether oxygens (including phenoxy) is 1. The standard InChI is InChI=1S/C28H29Cl2N3O6/c1-17(2)14-23(32-26(34)8-5-13-38-25-11-9-18(29)15-22(25)30)27(35)33-31-16-19-10-12-24(39-19)20-6-3-4-7-21(20)28(36)37/h3-4,6-7,9-12,15-17,23H,5,8,13-14H2,1-2H3,(H,32,34)(H,33,35)(H,36,37)/b31-16-/t23-/m1/s1. The molecule has 206 valence electrons. The first kappa shape index (κ1) is 29.7. The number of benzene rings is 2. The van der Waals surface area contributed by atoms with Crippen LogP contribution in [0.2, 0.25) is 10.0 Å². The van der Waals surface area contributed by atoms with Crippen molar-refractivity contribution in [3.63, 3.8) is 0 Å². The molecule has 3 aromatic rings. The fraction of sp³-hybridized carbons (Fsp3) is 0.286. The summed E-state index contributed by atoms with van der Waals surface area (Å²) in [5.74, 6) is -0.544. The van der Waals surface area contributed by atoms with Gasteiger partial charge >= 0.3 is 5.97 Å². The molecule has 2 aromatic carbocycles. The normalized spacial score (nSPS) is 11.9. The highest BCUT2D eigenvalue weighted by molar-refractivity contribution is 6.35. The van der Waals surface area contributed by atoms with E-state index in [1.165, 1.54) is 12.3 Å². The number of hydrogen-bond acceptors (Lipinski definition) is 6. The Morgan fingerprint density at radius 1 is 1.10 bits per heavy atom. The lowest BCUT2D eigenvalue weighted by Gasteiger charge is -2.19. The zero-order chi connectivity index (χ0) is 28.4. The van der Waals surface area contributed by atoms with Gasteiger partial charge < -0.3 is 19.6 Å². The Morgan fingerprint density at radius 2 is 1.87 bits per heavy atom. The summed E-state index contributed by atoms with van der Waals surface area (Å²) in [6.45, 7) is 4.15. The highest BCUT2D eigenvalue weighted by Gasteiger charge is 2.22. The Bertz CT molecular complexity index is 1340. The van der Waals surface area contributed by atoms with Crippen molar-refractivity contribution in [3.8, 4) is 17.1 Å². The predicted octanol–water partition coefficient (Wildman–Crippen LogP) is 5.79. The van der Waals surface area contributed by atoms with E-state index in [0.717, 1.165) is 0 Å². The Kier molecular flexibility index (Phi) is 11.0. The molecule has 3 rings (SSSR count). The van der Waals surface area contributed by atoms with Crippen molar-refractivity contribution in [1.82, 2.24) is 10.7 Å². The number of hydrazone groups is 1. The van der Waals surface area contributed by atoms with Crippen LogP contribution in [-0.4, -0.2) is 41.8 Å². The first-order valence-corrected chi connectivity index (χ1v) is 13.0. The van der Waals surface area contributed by atoms with Crippen LogP contribution in [0.4, 0.5) is 0 Å². The van der Waals surface area contributed by atoms with Crippen molar-refractivity contribution in [3.05, 3.63) is 76.0 Å². The summed E-state index contributed by atoms with van der Waals surface area (Å²) in [5, 5.41) is 17.0. The van der Waals surface area contributed by atoms with Crippen LogP contribution in [0.1, 0.15) is 49.2 Å². The molecule has 0 aliphatic rings. The van der Waals surface area contributed by atoms with Crippen molar-refractivity contribution in [1.29, 1.82) is 0 Å². The molecule has 9 nitrogen and oxygen atoms in total. The van der Waals surface area contributed by atoms with Gasteiger partial charge in [-0.3, -0.25) is 9.59 Å².